The Labute approximate surface area is 177 Å². The lowest BCUT2D eigenvalue weighted by atomic mass is 10.0. The summed E-state index contributed by atoms with van der Waals surface area (Å²) in [6, 6.07) is 15.0. The molecule has 158 valence electrons. The lowest BCUT2D eigenvalue weighted by molar-refractivity contribution is 0.0979. The molecule has 0 atom stereocenters. The van der Waals surface area contributed by atoms with Gasteiger partial charge in [-0.05, 0) is 56.1 Å². The molecule has 6 nitrogen and oxygen atoms in total. The maximum Gasteiger partial charge on any atom is 0.246 e. The zero-order valence-corrected chi connectivity index (χ0v) is 18.1. The molecule has 0 aromatic heterocycles. The van der Waals surface area contributed by atoms with Crippen molar-refractivity contribution in [3.05, 3.63) is 59.7 Å². The Kier molecular flexibility index (Phi) is 9.44. The molecular weight excluding hydrogens is 412 g/mol. The molecule has 0 spiro atoms. The fourth-order valence-electron chi connectivity index (χ4n) is 2.84. The van der Waals surface area contributed by atoms with Gasteiger partial charge in [0.25, 0.3) is 0 Å². The first-order valence-corrected chi connectivity index (χ1v) is 11.7. The number of ether oxygens (including phenoxy) is 1. The molecule has 0 radical (unpaired) electrons. The van der Waals surface area contributed by atoms with Crippen molar-refractivity contribution in [3.63, 3.8) is 0 Å². The van der Waals surface area contributed by atoms with E-state index in [1.54, 1.807) is 12.1 Å². The van der Waals surface area contributed by atoms with Crippen LogP contribution in [-0.2, 0) is 16.4 Å². The van der Waals surface area contributed by atoms with Gasteiger partial charge in [-0.2, -0.15) is 0 Å². The number of carbonyl (C=O) groups excluding carboxylic acids is 1. The Morgan fingerprint density at radius 3 is 2.52 bits per heavy atom. The van der Waals surface area contributed by atoms with Crippen LogP contribution in [0.5, 0.6) is 5.75 Å². The van der Waals surface area contributed by atoms with Gasteiger partial charge in [-0.1, -0.05) is 30.3 Å². The summed E-state index contributed by atoms with van der Waals surface area (Å²) in [4.78, 5) is 12.4. The van der Waals surface area contributed by atoms with Gasteiger partial charge >= 0.3 is 0 Å². The molecule has 2 aromatic rings. The van der Waals surface area contributed by atoms with Gasteiger partial charge in [0.15, 0.2) is 5.78 Å². The summed E-state index contributed by atoms with van der Waals surface area (Å²) in [5, 5.41) is 2.81. The van der Waals surface area contributed by atoms with E-state index in [-0.39, 0.29) is 11.5 Å². The number of methoxy groups -OCH3 is 1. The fraction of sp³-hybridized carbons (Fsp3) is 0.381. The highest BCUT2D eigenvalue weighted by atomic mass is 35.5. The Hall–Kier alpha value is -2.09. The van der Waals surface area contributed by atoms with Crippen molar-refractivity contribution in [2.75, 3.05) is 30.1 Å². The number of Topliss-reactive ketones (excluding diaryl/α,β-unsaturated/α-hetero) is 1. The first-order valence-electron chi connectivity index (χ1n) is 9.47. The van der Waals surface area contributed by atoms with Crippen molar-refractivity contribution in [2.45, 2.75) is 25.7 Å². The van der Waals surface area contributed by atoms with Crippen LogP contribution in [0.2, 0.25) is 0 Å². The fourth-order valence-corrected chi connectivity index (χ4v) is 3.55. The average Bonchev–Trinajstić information content (AvgIpc) is 2.73. The summed E-state index contributed by atoms with van der Waals surface area (Å²) >= 11 is 5.43. The molecule has 2 N–H and O–H groups in total. The van der Waals surface area contributed by atoms with Gasteiger partial charge < -0.3 is 10.1 Å². The van der Waals surface area contributed by atoms with Crippen LogP contribution < -0.4 is 14.8 Å². The van der Waals surface area contributed by atoms with Crippen LogP contribution in [0.25, 0.3) is 0 Å². The molecule has 2 rings (SSSR count). The van der Waals surface area contributed by atoms with Crippen molar-refractivity contribution in [1.82, 2.24) is 5.32 Å². The molecule has 0 fully saturated rings. The molecule has 0 saturated carbocycles. The van der Waals surface area contributed by atoms with E-state index in [9.17, 15) is 13.2 Å². The summed E-state index contributed by atoms with van der Waals surface area (Å²) in [5.41, 5.74) is 1.95. The third-order valence-corrected chi connectivity index (χ3v) is 6.05. The Morgan fingerprint density at radius 1 is 1.07 bits per heavy atom. The number of rotatable bonds is 13. The minimum atomic E-state index is -3.68. The van der Waals surface area contributed by atoms with E-state index in [1.165, 1.54) is 18.7 Å². The SMILES string of the molecule is COc1ccc(C(=O)CCCCNCCc2ccccc2)cc1NS(=O)(=O)CCl. The van der Waals surface area contributed by atoms with Crippen molar-refractivity contribution in [1.29, 1.82) is 0 Å². The third-order valence-electron chi connectivity index (χ3n) is 4.37. The maximum absolute atomic E-state index is 12.4. The number of nitrogens with one attached hydrogen (secondary N) is 2. The molecule has 0 aliphatic heterocycles. The zero-order valence-electron chi connectivity index (χ0n) is 16.5. The molecule has 2 aromatic carbocycles. The van der Waals surface area contributed by atoms with Crippen molar-refractivity contribution in [2.24, 2.45) is 0 Å². The number of hydrogen-bond acceptors (Lipinski definition) is 5. The maximum atomic E-state index is 12.4. The highest BCUT2D eigenvalue weighted by Gasteiger charge is 2.15. The van der Waals surface area contributed by atoms with E-state index in [0.29, 0.717) is 17.7 Å². The molecule has 0 aliphatic rings. The van der Waals surface area contributed by atoms with E-state index in [4.69, 9.17) is 16.3 Å². The largest absolute Gasteiger partial charge is 0.495 e. The van der Waals surface area contributed by atoms with Gasteiger partial charge in [-0.15, -0.1) is 11.6 Å². The summed E-state index contributed by atoms with van der Waals surface area (Å²) in [7, 11) is -2.25. The van der Waals surface area contributed by atoms with Crippen LogP contribution in [0.4, 0.5) is 5.69 Å². The summed E-state index contributed by atoms with van der Waals surface area (Å²) in [6.45, 7) is 1.75. The van der Waals surface area contributed by atoms with Crippen LogP contribution in [0.3, 0.4) is 0 Å². The van der Waals surface area contributed by atoms with E-state index in [1.807, 2.05) is 18.2 Å². The second-order valence-electron chi connectivity index (χ2n) is 6.61. The molecule has 0 saturated heterocycles. The zero-order chi connectivity index (χ0) is 21.1. The van der Waals surface area contributed by atoms with Crippen LogP contribution in [0, 0.1) is 0 Å². The third kappa shape index (κ3) is 8.04. The first kappa shape index (κ1) is 23.2. The highest BCUT2D eigenvalue weighted by molar-refractivity contribution is 7.93. The van der Waals surface area contributed by atoms with Crippen LogP contribution >= 0.6 is 11.6 Å². The number of unbranched alkanes of at least 4 members (excludes halogenated alkanes) is 1. The lowest BCUT2D eigenvalue weighted by Crippen LogP contribution is -2.18. The molecule has 0 aliphatic carbocycles. The van der Waals surface area contributed by atoms with Gasteiger partial charge in [0.1, 0.15) is 11.0 Å². The highest BCUT2D eigenvalue weighted by Crippen LogP contribution is 2.27. The number of hydrogen-bond donors (Lipinski definition) is 2. The predicted molar refractivity (Wildman–Crippen MR) is 117 cm³/mol. The lowest BCUT2D eigenvalue weighted by Gasteiger charge is -2.12. The van der Waals surface area contributed by atoms with Crippen molar-refractivity contribution in [3.8, 4) is 5.75 Å². The molecule has 0 unspecified atom stereocenters. The van der Waals surface area contributed by atoms with E-state index >= 15 is 0 Å². The number of anilines is 1. The minimum absolute atomic E-state index is 0.0386. The molecule has 0 bridgehead atoms. The number of benzene rings is 2. The van der Waals surface area contributed by atoms with E-state index < -0.39 is 15.2 Å². The molecule has 29 heavy (non-hydrogen) atoms. The quantitative estimate of drug-likeness (QED) is 0.282. The van der Waals surface area contributed by atoms with Crippen LogP contribution in [0.15, 0.2) is 48.5 Å². The average molecular weight is 439 g/mol. The second kappa shape index (κ2) is 11.8. The number of halogens is 1. The smallest absolute Gasteiger partial charge is 0.246 e. The van der Waals surface area contributed by atoms with Gasteiger partial charge in [0.2, 0.25) is 10.0 Å². The normalized spacial score (nSPS) is 11.2. The van der Waals surface area contributed by atoms with Crippen molar-refractivity contribution < 1.29 is 17.9 Å². The van der Waals surface area contributed by atoms with Crippen LogP contribution in [0.1, 0.15) is 35.2 Å². The Morgan fingerprint density at radius 2 is 1.83 bits per heavy atom. The first-order chi connectivity index (χ1) is 13.9. The van der Waals surface area contributed by atoms with Gasteiger partial charge in [-0.3, -0.25) is 9.52 Å². The number of ketones is 1. The molecular formula is C21H27ClN2O4S. The van der Waals surface area contributed by atoms with E-state index in [2.05, 4.69) is 22.2 Å². The summed E-state index contributed by atoms with van der Waals surface area (Å²) < 4.78 is 30.9. The Bertz CT molecular complexity index is 889. The molecule has 0 heterocycles. The standard InChI is InChI=1S/C21H27ClN2O4S/c1-28-21-11-10-18(15-19(21)24-29(26,27)16-22)20(25)9-5-6-13-23-14-12-17-7-3-2-4-8-17/h2-4,7-8,10-11,15,23-24H,5-6,9,12-14,16H2,1H3. The van der Waals surface area contributed by atoms with Crippen LogP contribution in [-0.4, -0.2) is 39.6 Å². The minimum Gasteiger partial charge on any atom is -0.495 e. The second-order valence-corrected chi connectivity index (χ2v) is 8.91. The number of carbonyl (C=O) groups is 1. The van der Waals surface area contributed by atoms with Crippen molar-refractivity contribution >= 4 is 33.1 Å². The van der Waals surface area contributed by atoms with Gasteiger partial charge in [-0.25, -0.2) is 8.42 Å². The number of alkyl halides is 1. The monoisotopic (exact) mass is 438 g/mol. The molecule has 0 amide bonds. The Balaban J connectivity index is 1.77. The number of sulfonamides is 1. The van der Waals surface area contributed by atoms with Gasteiger partial charge in [0.05, 0.1) is 12.8 Å². The van der Waals surface area contributed by atoms with E-state index in [0.717, 1.165) is 32.4 Å². The summed E-state index contributed by atoms with van der Waals surface area (Å²) in [6.07, 6.45) is 3.02. The molecule has 8 heteroatoms. The predicted octanol–water partition coefficient (Wildman–Crippen LogP) is 3.82. The topological polar surface area (TPSA) is 84.5 Å². The van der Waals surface area contributed by atoms with Gasteiger partial charge in [0, 0.05) is 12.0 Å². The summed E-state index contributed by atoms with van der Waals surface area (Å²) in [5.74, 6) is 0.293.